The van der Waals surface area contributed by atoms with Crippen molar-refractivity contribution in [3.05, 3.63) is 33.5 Å². The Labute approximate surface area is 144 Å². The molecule has 0 radical (unpaired) electrons. The van der Waals surface area contributed by atoms with E-state index in [9.17, 15) is 0 Å². The molecular formula is C17H21BrN4O. The quantitative estimate of drug-likeness (QED) is 0.644. The molecule has 0 saturated carbocycles. The Kier molecular flexibility index (Phi) is 4.27. The second kappa shape index (κ2) is 6.07. The van der Waals surface area contributed by atoms with E-state index in [0.717, 1.165) is 47.0 Å². The lowest BCUT2D eigenvalue weighted by atomic mass is 9.95. The summed E-state index contributed by atoms with van der Waals surface area (Å²) in [7, 11) is 0. The van der Waals surface area contributed by atoms with Gasteiger partial charge >= 0.3 is 0 Å². The Balaban J connectivity index is 2.33. The number of hydrogen-bond donors (Lipinski definition) is 0. The largest absolute Gasteiger partial charge is 0.429 e. The van der Waals surface area contributed by atoms with Gasteiger partial charge in [0.2, 0.25) is 0 Å². The average molecular weight is 377 g/mol. The summed E-state index contributed by atoms with van der Waals surface area (Å²) in [4.78, 5) is 9.58. The summed E-state index contributed by atoms with van der Waals surface area (Å²) in [6.45, 7) is 10.4. The summed E-state index contributed by atoms with van der Waals surface area (Å²) < 4.78 is 7.66. The highest BCUT2D eigenvalue weighted by molar-refractivity contribution is 9.10. The first-order valence-electron chi connectivity index (χ1n) is 7.96. The minimum atomic E-state index is 0.479. The summed E-state index contributed by atoms with van der Waals surface area (Å²) >= 11 is 3.30. The van der Waals surface area contributed by atoms with E-state index < -0.39 is 0 Å². The number of hydrogen-bond acceptors (Lipinski definition) is 4. The number of oxazole rings is 1. The molecule has 0 fully saturated rings. The van der Waals surface area contributed by atoms with Crippen LogP contribution >= 0.6 is 15.9 Å². The van der Waals surface area contributed by atoms with Crippen LogP contribution in [-0.4, -0.2) is 19.6 Å². The Morgan fingerprint density at radius 1 is 1.13 bits per heavy atom. The van der Waals surface area contributed by atoms with Crippen molar-refractivity contribution in [1.82, 2.24) is 19.6 Å². The Bertz CT molecular complexity index is 861. The number of rotatable bonds is 4. The van der Waals surface area contributed by atoms with E-state index >= 15 is 0 Å². The van der Waals surface area contributed by atoms with Crippen LogP contribution in [0, 0.1) is 20.8 Å². The minimum absolute atomic E-state index is 0.479. The molecule has 23 heavy (non-hydrogen) atoms. The fourth-order valence-electron chi connectivity index (χ4n) is 3.15. The lowest BCUT2D eigenvalue weighted by Gasteiger charge is -2.14. The third-order valence-electron chi connectivity index (χ3n) is 4.32. The van der Waals surface area contributed by atoms with Crippen molar-refractivity contribution in [2.45, 2.75) is 53.4 Å². The smallest absolute Gasteiger partial charge is 0.264 e. The molecule has 3 aromatic heterocycles. The van der Waals surface area contributed by atoms with E-state index in [1.165, 1.54) is 5.56 Å². The van der Waals surface area contributed by atoms with E-state index in [1.807, 2.05) is 25.3 Å². The number of fused-ring (bicyclic) bond motifs is 1. The highest BCUT2D eigenvalue weighted by atomic mass is 79.9. The van der Waals surface area contributed by atoms with Crippen molar-refractivity contribution >= 4 is 21.6 Å². The van der Waals surface area contributed by atoms with Gasteiger partial charge in [-0.2, -0.15) is 5.10 Å². The zero-order chi connectivity index (χ0) is 16.7. The van der Waals surface area contributed by atoms with Gasteiger partial charge in [0.15, 0.2) is 11.4 Å². The molecule has 6 heteroatoms. The molecule has 3 rings (SSSR count). The normalized spacial score (nSPS) is 11.8. The molecule has 0 aliphatic carbocycles. The highest BCUT2D eigenvalue weighted by Crippen LogP contribution is 2.33. The molecule has 5 nitrogen and oxygen atoms in total. The van der Waals surface area contributed by atoms with Crippen molar-refractivity contribution in [3.8, 4) is 11.5 Å². The second-order valence-electron chi connectivity index (χ2n) is 5.92. The molecule has 0 bridgehead atoms. The Hall–Kier alpha value is -1.69. The molecule has 3 heterocycles. The first-order chi connectivity index (χ1) is 11.0. The van der Waals surface area contributed by atoms with Gasteiger partial charge in [-0.05, 0) is 45.6 Å². The number of nitrogens with zero attached hydrogens (tertiary/aromatic N) is 4. The van der Waals surface area contributed by atoms with E-state index in [4.69, 9.17) is 9.40 Å². The molecule has 0 saturated heterocycles. The predicted molar refractivity (Wildman–Crippen MR) is 93.7 cm³/mol. The van der Waals surface area contributed by atoms with Crippen LogP contribution in [0.15, 0.2) is 15.3 Å². The third kappa shape index (κ3) is 2.69. The lowest BCUT2D eigenvalue weighted by Crippen LogP contribution is -2.05. The number of aryl methyl sites for hydroxylation is 3. The van der Waals surface area contributed by atoms with Gasteiger partial charge in [0.05, 0.1) is 17.1 Å². The van der Waals surface area contributed by atoms with Crippen LogP contribution in [0.5, 0.6) is 0 Å². The summed E-state index contributed by atoms with van der Waals surface area (Å²) in [6.07, 6.45) is 2.17. The first-order valence-corrected chi connectivity index (χ1v) is 8.75. The van der Waals surface area contributed by atoms with Gasteiger partial charge in [0.25, 0.3) is 4.80 Å². The fraction of sp³-hybridized carbons (Fsp3) is 0.471. The molecule has 0 aliphatic heterocycles. The number of imidazole rings is 1. The van der Waals surface area contributed by atoms with E-state index in [-0.39, 0.29) is 0 Å². The van der Waals surface area contributed by atoms with Crippen LogP contribution in [0.25, 0.3) is 17.1 Å². The summed E-state index contributed by atoms with van der Waals surface area (Å²) in [5.74, 6) is 1.20. The molecule has 0 spiro atoms. The van der Waals surface area contributed by atoms with Crippen molar-refractivity contribution in [2.75, 3.05) is 0 Å². The molecule has 0 aliphatic rings. The fourth-order valence-corrected chi connectivity index (χ4v) is 3.58. The molecule has 0 aromatic carbocycles. The van der Waals surface area contributed by atoms with E-state index in [2.05, 4.69) is 45.9 Å². The maximum Gasteiger partial charge on any atom is 0.264 e. The number of halogens is 1. The molecule has 3 aromatic rings. The van der Waals surface area contributed by atoms with Gasteiger partial charge in [0.1, 0.15) is 5.69 Å². The van der Waals surface area contributed by atoms with Crippen molar-refractivity contribution in [3.63, 3.8) is 0 Å². The third-order valence-corrected chi connectivity index (χ3v) is 4.66. The molecule has 0 amide bonds. The molecule has 122 valence electrons. The average Bonchev–Trinajstić information content (AvgIpc) is 2.98. The lowest BCUT2D eigenvalue weighted by molar-refractivity contribution is 0.538. The van der Waals surface area contributed by atoms with Gasteiger partial charge < -0.3 is 4.42 Å². The zero-order valence-electron chi connectivity index (χ0n) is 14.1. The highest BCUT2D eigenvalue weighted by Gasteiger charge is 2.23. The van der Waals surface area contributed by atoms with E-state index in [1.54, 1.807) is 0 Å². The first kappa shape index (κ1) is 16.2. The summed E-state index contributed by atoms with van der Waals surface area (Å²) in [6, 6.07) is 2.16. The van der Waals surface area contributed by atoms with Crippen LogP contribution in [-0.2, 0) is 0 Å². The van der Waals surface area contributed by atoms with Gasteiger partial charge in [-0.3, -0.25) is 0 Å². The maximum absolute atomic E-state index is 5.75. The topological polar surface area (TPSA) is 56.2 Å². The summed E-state index contributed by atoms with van der Waals surface area (Å²) in [5, 5.41) is 4.69. The standard InChI is InChI=1S/C17H21BrN4O/c1-6-12(7-2)13-8-9(3)21-22-14(10(4)19-16(13)22)15-11(5)20-17(18)23-15/h8,12H,6-7H2,1-5H3. The molecular weight excluding hydrogens is 356 g/mol. The monoisotopic (exact) mass is 376 g/mol. The van der Waals surface area contributed by atoms with Crippen LogP contribution in [0.4, 0.5) is 0 Å². The van der Waals surface area contributed by atoms with Gasteiger partial charge in [-0.1, -0.05) is 13.8 Å². The Morgan fingerprint density at radius 3 is 2.39 bits per heavy atom. The van der Waals surface area contributed by atoms with Gasteiger partial charge in [-0.15, -0.1) is 0 Å². The Morgan fingerprint density at radius 2 is 1.83 bits per heavy atom. The summed E-state index contributed by atoms with van der Waals surface area (Å²) in [5.41, 5.74) is 5.77. The molecule has 0 unspecified atom stereocenters. The minimum Gasteiger partial charge on any atom is -0.429 e. The van der Waals surface area contributed by atoms with Crippen molar-refractivity contribution in [2.24, 2.45) is 0 Å². The van der Waals surface area contributed by atoms with Gasteiger partial charge in [-0.25, -0.2) is 14.5 Å². The SMILES string of the molecule is CCC(CC)c1cc(C)nn2c(-c3oc(Br)nc3C)c(C)nc12. The van der Waals surface area contributed by atoms with Crippen molar-refractivity contribution in [1.29, 1.82) is 0 Å². The van der Waals surface area contributed by atoms with Crippen molar-refractivity contribution < 1.29 is 4.42 Å². The predicted octanol–water partition coefficient (Wildman–Crippen LogP) is 4.98. The van der Waals surface area contributed by atoms with Gasteiger partial charge in [0, 0.05) is 21.5 Å². The van der Waals surface area contributed by atoms with Crippen LogP contribution in [0.3, 0.4) is 0 Å². The van der Waals surface area contributed by atoms with Crippen LogP contribution in [0.1, 0.15) is 55.3 Å². The molecule has 0 atom stereocenters. The van der Waals surface area contributed by atoms with Crippen LogP contribution in [0.2, 0.25) is 0 Å². The zero-order valence-corrected chi connectivity index (χ0v) is 15.7. The second-order valence-corrected chi connectivity index (χ2v) is 6.60. The van der Waals surface area contributed by atoms with Crippen LogP contribution < -0.4 is 0 Å². The maximum atomic E-state index is 5.75. The number of aromatic nitrogens is 4. The molecule has 0 N–H and O–H groups in total. The van der Waals surface area contributed by atoms with E-state index in [0.29, 0.717) is 10.7 Å².